The van der Waals surface area contributed by atoms with Gasteiger partial charge in [-0.3, -0.25) is 19.3 Å². The monoisotopic (exact) mass is 515 g/mol. The van der Waals surface area contributed by atoms with Crippen LogP contribution in [0.15, 0.2) is 23.5 Å². The second-order valence-corrected chi connectivity index (χ2v) is 10.9. The predicted molar refractivity (Wildman–Crippen MR) is 137 cm³/mol. The van der Waals surface area contributed by atoms with Crippen LogP contribution in [-0.4, -0.2) is 90.2 Å². The standard InChI is InChI=1S/C27H37N3O7/c1-6-7-10-37-17-9-8-16(29(2)3)14-11-13-12-15-21(30(4)5)23(32)20(26(28)35)25(34)27(15,36)24(33)18(13)22(31)19(14)17/h8-9,13,15,18,21,24,33-34,36H,6-7,10-12H2,1-5H3,(H2,28,35). The van der Waals surface area contributed by atoms with Crippen LogP contribution >= 0.6 is 0 Å². The Morgan fingerprint density at radius 2 is 1.86 bits per heavy atom. The smallest absolute Gasteiger partial charge is 0.255 e. The molecule has 0 radical (unpaired) electrons. The first kappa shape index (κ1) is 27.1. The van der Waals surface area contributed by atoms with Crippen molar-refractivity contribution in [3.63, 3.8) is 0 Å². The zero-order chi connectivity index (χ0) is 27.4. The van der Waals surface area contributed by atoms with Gasteiger partial charge < -0.3 is 30.7 Å². The van der Waals surface area contributed by atoms with Gasteiger partial charge in [-0.2, -0.15) is 0 Å². The highest BCUT2D eigenvalue weighted by atomic mass is 16.5. The molecule has 202 valence electrons. The number of anilines is 1. The van der Waals surface area contributed by atoms with E-state index in [1.807, 2.05) is 32.0 Å². The SMILES string of the molecule is CCCCOc1ccc(N(C)C)c2c1C(=O)C1C(C2)CC2C(N(C)C)C(=O)C(C(N)=O)=C(O)C2(O)C1O. The molecule has 1 fully saturated rings. The lowest BCUT2D eigenvalue weighted by atomic mass is 9.53. The number of hydrogen-bond donors (Lipinski definition) is 4. The number of fused-ring (bicyclic) bond motifs is 3. The molecule has 0 aromatic heterocycles. The van der Waals surface area contributed by atoms with Crippen LogP contribution in [0.4, 0.5) is 5.69 Å². The van der Waals surface area contributed by atoms with Crippen LogP contribution < -0.4 is 15.4 Å². The normalized spacial score (nSPS) is 31.1. The van der Waals surface area contributed by atoms with Gasteiger partial charge in [0.2, 0.25) is 0 Å². The van der Waals surface area contributed by atoms with Crippen LogP contribution in [0.5, 0.6) is 5.75 Å². The summed E-state index contributed by atoms with van der Waals surface area (Å²) in [5.41, 5.74) is 4.27. The van der Waals surface area contributed by atoms with Crippen LogP contribution in [-0.2, 0) is 16.0 Å². The molecule has 0 saturated heterocycles. The van der Waals surface area contributed by atoms with Gasteiger partial charge in [-0.15, -0.1) is 0 Å². The van der Waals surface area contributed by atoms with E-state index in [1.165, 1.54) is 0 Å². The minimum absolute atomic E-state index is 0.169. The number of hydrogen-bond acceptors (Lipinski definition) is 9. The van der Waals surface area contributed by atoms with Gasteiger partial charge in [0.15, 0.2) is 17.2 Å². The molecule has 0 aliphatic heterocycles. The average molecular weight is 516 g/mol. The number of aliphatic hydroxyl groups excluding tert-OH is 2. The summed E-state index contributed by atoms with van der Waals surface area (Å²) in [5.74, 6) is -5.30. The zero-order valence-electron chi connectivity index (χ0n) is 22.0. The Morgan fingerprint density at radius 3 is 2.43 bits per heavy atom. The zero-order valence-corrected chi connectivity index (χ0v) is 22.0. The number of nitrogens with two attached hydrogens (primary N) is 1. The van der Waals surface area contributed by atoms with Gasteiger partial charge in [-0.1, -0.05) is 13.3 Å². The second kappa shape index (κ2) is 9.74. The number of benzene rings is 1. The first-order valence-corrected chi connectivity index (χ1v) is 12.7. The molecule has 37 heavy (non-hydrogen) atoms. The van der Waals surface area contributed by atoms with Gasteiger partial charge in [0.05, 0.1) is 24.1 Å². The quantitative estimate of drug-likeness (QED) is 0.305. The van der Waals surface area contributed by atoms with Crippen molar-refractivity contribution >= 4 is 23.2 Å². The molecular weight excluding hydrogens is 478 g/mol. The number of amides is 1. The fraction of sp³-hybridized carbons (Fsp3) is 0.593. The molecule has 1 saturated carbocycles. The summed E-state index contributed by atoms with van der Waals surface area (Å²) in [4.78, 5) is 42.9. The van der Waals surface area contributed by atoms with Crippen molar-refractivity contribution in [2.45, 2.75) is 50.4 Å². The summed E-state index contributed by atoms with van der Waals surface area (Å²) in [6, 6.07) is 2.63. The lowest BCUT2D eigenvalue weighted by molar-refractivity contribution is -0.183. The van der Waals surface area contributed by atoms with E-state index in [9.17, 15) is 29.7 Å². The third-order valence-corrected chi connectivity index (χ3v) is 8.24. The van der Waals surface area contributed by atoms with E-state index >= 15 is 0 Å². The summed E-state index contributed by atoms with van der Waals surface area (Å²) in [6.07, 6.45) is 0.539. The Bertz CT molecular complexity index is 1160. The van der Waals surface area contributed by atoms with E-state index in [4.69, 9.17) is 10.5 Å². The highest BCUT2D eigenvalue weighted by Crippen LogP contribution is 2.54. The number of unbranched alkanes of at least 4 members (excludes halogenated alkanes) is 1. The first-order chi connectivity index (χ1) is 17.4. The fourth-order valence-electron chi connectivity index (χ4n) is 6.52. The van der Waals surface area contributed by atoms with Crippen molar-refractivity contribution < 1.29 is 34.4 Å². The van der Waals surface area contributed by atoms with Crippen LogP contribution in [0, 0.1) is 17.8 Å². The number of nitrogens with zero attached hydrogens (tertiary/aromatic N) is 2. The van der Waals surface area contributed by atoms with Gasteiger partial charge in [-0.05, 0) is 57.0 Å². The van der Waals surface area contributed by atoms with Crippen molar-refractivity contribution in [1.82, 2.24) is 4.90 Å². The molecule has 1 amide bonds. The molecule has 6 unspecified atom stereocenters. The summed E-state index contributed by atoms with van der Waals surface area (Å²) in [6.45, 7) is 2.47. The number of carbonyl (C=O) groups excluding carboxylic acids is 3. The van der Waals surface area contributed by atoms with Gasteiger partial charge in [0, 0.05) is 25.7 Å². The maximum absolute atomic E-state index is 14.1. The molecule has 3 aliphatic rings. The molecule has 0 heterocycles. The Balaban J connectivity index is 1.87. The van der Waals surface area contributed by atoms with E-state index in [0.717, 1.165) is 24.1 Å². The summed E-state index contributed by atoms with van der Waals surface area (Å²) >= 11 is 0. The topological polar surface area (TPSA) is 154 Å². The molecule has 0 spiro atoms. The number of ketones is 2. The number of carbonyl (C=O) groups is 3. The van der Waals surface area contributed by atoms with Crippen LogP contribution in [0.3, 0.4) is 0 Å². The molecule has 5 N–H and O–H groups in total. The molecule has 0 bridgehead atoms. The number of primary amides is 1. The second-order valence-electron chi connectivity index (χ2n) is 10.9. The maximum atomic E-state index is 14.1. The number of ether oxygens (including phenoxy) is 1. The van der Waals surface area contributed by atoms with Crippen LogP contribution in [0.2, 0.25) is 0 Å². The number of aliphatic hydroxyl groups is 3. The Hall–Kier alpha value is -2.95. The van der Waals surface area contributed by atoms with E-state index < -0.39 is 64.3 Å². The predicted octanol–water partition coefficient (Wildman–Crippen LogP) is 0.825. The Labute approximate surface area is 216 Å². The molecule has 6 atom stereocenters. The van der Waals surface area contributed by atoms with E-state index in [2.05, 4.69) is 0 Å². The largest absolute Gasteiger partial charge is 0.508 e. The minimum atomic E-state index is -2.40. The van der Waals surface area contributed by atoms with E-state index in [1.54, 1.807) is 25.1 Å². The van der Waals surface area contributed by atoms with E-state index in [0.29, 0.717) is 24.3 Å². The Kier molecular flexibility index (Phi) is 7.13. The third-order valence-electron chi connectivity index (χ3n) is 8.24. The van der Waals surface area contributed by atoms with Crippen molar-refractivity contribution in [2.24, 2.45) is 23.5 Å². The Morgan fingerprint density at radius 1 is 1.19 bits per heavy atom. The lowest BCUT2D eigenvalue weighted by Crippen LogP contribution is -2.69. The molecule has 3 aliphatic carbocycles. The molecule has 1 aromatic rings. The van der Waals surface area contributed by atoms with Crippen molar-refractivity contribution in [3.8, 4) is 5.75 Å². The van der Waals surface area contributed by atoms with Crippen molar-refractivity contribution in [3.05, 3.63) is 34.6 Å². The molecule has 10 heteroatoms. The molecule has 10 nitrogen and oxygen atoms in total. The van der Waals surface area contributed by atoms with E-state index in [-0.39, 0.29) is 6.42 Å². The summed E-state index contributed by atoms with van der Waals surface area (Å²) < 4.78 is 5.97. The maximum Gasteiger partial charge on any atom is 0.255 e. The van der Waals surface area contributed by atoms with Crippen molar-refractivity contribution in [2.75, 3.05) is 39.7 Å². The number of rotatable bonds is 7. The van der Waals surface area contributed by atoms with Crippen molar-refractivity contribution in [1.29, 1.82) is 0 Å². The summed E-state index contributed by atoms with van der Waals surface area (Å²) in [5, 5.41) is 34.4. The highest BCUT2D eigenvalue weighted by Gasteiger charge is 2.66. The van der Waals surface area contributed by atoms with Gasteiger partial charge in [0.1, 0.15) is 23.2 Å². The van der Waals surface area contributed by atoms with Crippen LogP contribution in [0.1, 0.15) is 42.1 Å². The summed E-state index contributed by atoms with van der Waals surface area (Å²) in [7, 11) is 7.00. The number of likely N-dealkylation sites (N-methyl/N-ethyl adjacent to an activating group) is 1. The molecule has 4 rings (SSSR count). The third kappa shape index (κ3) is 4.02. The van der Waals surface area contributed by atoms with Gasteiger partial charge in [-0.25, -0.2) is 0 Å². The molecule has 1 aromatic carbocycles. The fourth-order valence-corrected chi connectivity index (χ4v) is 6.52. The molecular formula is C27H37N3O7. The van der Waals surface area contributed by atoms with Gasteiger partial charge >= 0.3 is 0 Å². The highest BCUT2D eigenvalue weighted by molar-refractivity contribution is 6.22. The average Bonchev–Trinajstić information content (AvgIpc) is 2.81. The van der Waals surface area contributed by atoms with Gasteiger partial charge in [0.25, 0.3) is 5.91 Å². The first-order valence-electron chi connectivity index (χ1n) is 12.7. The number of Topliss-reactive ketones (excluding diaryl/α,β-unsaturated/α-hetero) is 2. The lowest BCUT2D eigenvalue weighted by Gasteiger charge is -2.55. The van der Waals surface area contributed by atoms with Crippen LogP contribution in [0.25, 0.3) is 0 Å². The minimum Gasteiger partial charge on any atom is -0.508 e.